The standard InChI is InChI=1S/C18H27ClN4O5S2/c1-2-29(25,26)22-11-7-20(8-12-22)15-18(24)21-9-13-23(14-10-21)30(27,28)17-6-4-3-5-16(17)19/h3-6H,2,7-15H2,1H3. The average Bonchev–Trinajstić information content (AvgIpc) is 2.74. The number of piperazine rings is 2. The fourth-order valence-corrected chi connectivity index (χ4v) is 6.61. The molecule has 30 heavy (non-hydrogen) atoms. The van der Waals surface area contributed by atoms with E-state index in [4.69, 9.17) is 11.6 Å². The van der Waals surface area contributed by atoms with Gasteiger partial charge in [-0.3, -0.25) is 9.69 Å². The van der Waals surface area contributed by atoms with Gasteiger partial charge in [0.05, 0.1) is 17.3 Å². The Kier molecular flexibility index (Phi) is 7.41. The van der Waals surface area contributed by atoms with E-state index in [0.717, 1.165) is 0 Å². The highest BCUT2D eigenvalue weighted by Crippen LogP contribution is 2.25. The molecule has 0 saturated carbocycles. The molecule has 3 rings (SSSR count). The van der Waals surface area contributed by atoms with Crippen molar-refractivity contribution in [3.63, 3.8) is 0 Å². The van der Waals surface area contributed by atoms with E-state index in [1.807, 2.05) is 4.90 Å². The van der Waals surface area contributed by atoms with E-state index in [-0.39, 0.29) is 41.2 Å². The Balaban J connectivity index is 1.51. The van der Waals surface area contributed by atoms with Crippen LogP contribution in [-0.2, 0) is 24.8 Å². The Morgan fingerprint density at radius 2 is 1.47 bits per heavy atom. The third-order valence-electron chi connectivity index (χ3n) is 5.49. The summed E-state index contributed by atoms with van der Waals surface area (Å²) in [4.78, 5) is 16.3. The fourth-order valence-electron chi connectivity index (χ4n) is 3.61. The molecule has 0 atom stereocenters. The predicted octanol–water partition coefficient (Wildman–Crippen LogP) is 0.140. The minimum absolute atomic E-state index is 0.0726. The van der Waals surface area contributed by atoms with Gasteiger partial charge in [0.2, 0.25) is 26.0 Å². The first kappa shape index (κ1) is 23.4. The molecule has 2 fully saturated rings. The number of hydrogen-bond acceptors (Lipinski definition) is 6. The monoisotopic (exact) mass is 478 g/mol. The molecule has 168 valence electrons. The van der Waals surface area contributed by atoms with Gasteiger partial charge in [-0.15, -0.1) is 0 Å². The third kappa shape index (κ3) is 5.14. The molecule has 0 spiro atoms. The largest absolute Gasteiger partial charge is 0.339 e. The Bertz CT molecular complexity index is 970. The molecule has 9 nitrogen and oxygen atoms in total. The van der Waals surface area contributed by atoms with Crippen LogP contribution >= 0.6 is 11.6 Å². The van der Waals surface area contributed by atoms with Crippen LogP contribution in [0.5, 0.6) is 0 Å². The van der Waals surface area contributed by atoms with E-state index in [2.05, 4.69) is 0 Å². The molecule has 1 aromatic carbocycles. The summed E-state index contributed by atoms with van der Waals surface area (Å²) < 4.78 is 52.3. The molecule has 2 aliphatic rings. The second-order valence-electron chi connectivity index (χ2n) is 7.29. The summed E-state index contributed by atoms with van der Waals surface area (Å²) in [6.07, 6.45) is 0. The molecule has 0 radical (unpaired) electrons. The van der Waals surface area contributed by atoms with Crippen molar-refractivity contribution < 1.29 is 21.6 Å². The number of sulfonamides is 2. The van der Waals surface area contributed by atoms with Crippen molar-refractivity contribution in [3.8, 4) is 0 Å². The van der Waals surface area contributed by atoms with Crippen LogP contribution in [0.15, 0.2) is 29.2 Å². The summed E-state index contributed by atoms with van der Waals surface area (Å²) in [7, 11) is -6.90. The van der Waals surface area contributed by atoms with Crippen LogP contribution < -0.4 is 0 Å². The molecule has 0 N–H and O–H groups in total. The lowest BCUT2D eigenvalue weighted by molar-refractivity contribution is -0.133. The highest BCUT2D eigenvalue weighted by atomic mass is 35.5. The van der Waals surface area contributed by atoms with Crippen molar-refractivity contribution in [3.05, 3.63) is 29.3 Å². The van der Waals surface area contributed by atoms with Crippen LogP contribution in [0, 0.1) is 0 Å². The average molecular weight is 479 g/mol. The van der Waals surface area contributed by atoms with E-state index < -0.39 is 20.0 Å². The number of nitrogens with zero attached hydrogens (tertiary/aromatic N) is 4. The Morgan fingerprint density at radius 1 is 0.900 bits per heavy atom. The summed E-state index contributed by atoms with van der Waals surface area (Å²) in [5.74, 6) is 0.00409. The molecular formula is C18H27ClN4O5S2. The Hall–Kier alpha value is -1.24. The topological polar surface area (TPSA) is 98.3 Å². The van der Waals surface area contributed by atoms with Gasteiger partial charge in [0, 0.05) is 52.4 Å². The van der Waals surface area contributed by atoms with E-state index in [1.165, 1.54) is 14.7 Å². The number of carbonyl (C=O) groups excluding carboxylic acids is 1. The molecule has 0 aliphatic carbocycles. The summed E-state index contributed by atoms with van der Waals surface area (Å²) in [6.45, 7) is 4.65. The summed E-state index contributed by atoms with van der Waals surface area (Å²) in [6, 6.07) is 6.33. The highest BCUT2D eigenvalue weighted by molar-refractivity contribution is 7.89. The first-order valence-corrected chi connectivity index (χ1v) is 13.3. The zero-order valence-electron chi connectivity index (χ0n) is 16.9. The Morgan fingerprint density at radius 3 is 2.03 bits per heavy atom. The summed E-state index contributed by atoms with van der Waals surface area (Å²) >= 11 is 6.05. The van der Waals surface area contributed by atoms with Crippen molar-refractivity contribution in [2.75, 3.05) is 64.7 Å². The van der Waals surface area contributed by atoms with Crippen LogP contribution in [0.4, 0.5) is 0 Å². The number of benzene rings is 1. The lowest BCUT2D eigenvalue weighted by Gasteiger charge is -2.37. The predicted molar refractivity (Wildman–Crippen MR) is 114 cm³/mol. The van der Waals surface area contributed by atoms with E-state index in [0.29, 0.717) is 39.3 Å². The van der Waals surface area contributed by atoms with Crippen LogP contribution in [0.25, 0.3) is 0 Å². The molecule has 1 aromatic rings. The molecule has 2 saturated heterocycles. The normalized spacial score (nSPS) is 20.4. The molecule has 1 amide bonds. The van der Waals surface area contributed by atoms with Crippen molar-refractivity contribution in [1.29, 1.82) is 0 Å². The minimum Gasteiger partial charge on any atom is -0.339 e. The quantitative estimate of drug-likeness (QED) is 0.576. The van der Waals surface area contributed by atoms with Gasteiger partial charge < -0.3 is 4.90 Å². The molecule has 2 aliphatic heterocycles. The number of hydrogen-bond donors (Lipinski definition) is 0. The SMILES string of the molecule is CCS(=O)(=O)N1CCN(CC(=O)N2CCN(S(=O)(=O)c3ccccc3Cl)CC2)CC1. The highest BCUT2D eigenvalue weighted by Gasteiger charge is 2.32. The van der Waals surface area contributed by atoms with E-state index >= 15 is 0 Å². The van der Waals surface area contributed by atoms with Crippen molar-refractivity contribution in [1.82, 2.24) is 18.4 Å². The maximum Gasteiger partial charge on any atom is 0.244 e. The maximum atomic E-state index is 12.8. The number of halogens is 1. The van der Waals surface area contributed by atoms with Crippen LogP contribution in [0.3, 0.4) is 0 Å². The number of amides is 1. The summed E-state index contributed by atoms with van der Waals surface area (Å²) in [5.41, 5.74) is 0. The van der Waals surface area contributed by atoms with E-state index in [9.17, 15) is 21.6 Å². The first-order chi connectivity index (χ1) is 14.1. The van der Waals surface area contributed by atoms with Crippen LogP contribution in [0.1, 0.15) is 6.92 Å². The summed E-state index contributed by atoms with van der Waals surface area (Å²) in [5, 5.41) is 0.181. The van der Waals surface area contributed by atoms with Crippen molar-refractivity contribution >= 4 is 37.6 Å². The molecule has 12 heteroatoms. The fraction of sp³-hybridized carbons (Fsp3) is 0.611. The van der Waals surface area contributed by atoms with Gasteiger partial charge in [-0.2, -0.15) is 8.61 Å². The van der Waals surface area contributed by atoms with Gasteiger partial charge in [0.25, 0.3) is 0 Å². The molecule has 0 unspecified atom stereocenters. The van der Waals surface area contributed by atoms with Crippen molar-refractivity contribution in [2.24, 2.45) is 0 Å². The Labute approximate surface area is 183 Å². The number of carbonyl (C=O) groups is 1. The second-order valence-corrected chi connectivity index (χ2v) is 11.9. The van der Waals surface area contributed by atoms with Gasteiger partial charge in [0.15, 0.2) is 0 Å². The second kappa shape index (κ2) is 9.49. The van der Waals surface area contributed by atoms with Gasteiger partial charge >= 0.3 is 0 Å². The smallest absolute Gasteiger partial charge is 0.244 e. The zero-order chi connectivity index (χ0) is 21.9. The zero-order valence-corrected chi connectivity index (χ0v) is 19.3. The third-order valence-corrected chi connectivity index (χ3v) is 9.77. The van der Waals surface area contributed by atoms with Gasteiger partial charge in [0.1, 0.15) is 4.90 Å². The minimum atomic E-state index is -3.70. The molecule has 2 heterocycles. The van der Waals surface area contributed by atoms with Gasteiger partial charge in [-0.25, -0.2) is 16.8 Å². The van der Waals surface area contributed by atoms with E-state index in [1.54, 1.807) is 30.0 Å². The van der Waals surface area contributed by atoms with Gasteiger partial charge in [-0.1, -0.05) is 23.7 Å². The van der Waals surface area contributed by atoms with Gasteiger partial charge in [-0.05, 0) is 19.1 Å². The first-order valence-electron chi connectivity index (χ1n) is 9.88. The lowest BCUT2D eigenvalue weighted by Crippen LogP contribution is -2.55. The van der Waals surface area contributed by atoms with Crippen LogP contribution in [-0.4, -0.2) is 106 Å². The number of rotatable bonds is 6. The van der Waals surface area contributed by atoms with Crippen molar-refractivity contribution in [2.45, 2.75) is 11.8 Å². The molecule has 0 bridgehead atoms. The molecular weight excluding hydrogens is 452 g/mol. The molecule has 0 aromatic heterocycles. The van der Waals surface area contributed by atoms with Crippen LogP contribution in [0.2, 0.25) is 5.02 Å². The maximum absolute atomic E-state index is 12.8. The lowest BCUT2D eigenvalue weighted by atomic mass is 10.3.